The molecular weight excluding hydrogens is 685 g/mol. The quantitative estimate of drug-likeness (QED) is 0.0302. The molecule has 4 aromatic rings. The van der Waals surface area contributed by atoms with Gasteiger partial charge in [-0.3, -0.25) is 0 Å². The van der Waals surface area contributed by atoms with E-state index in [2.05, 4.69) is 62.4 Å². The highest BCUT2D eigenvalue weighted by molar-refractivity contribution is 6.11. The van der Waals surface area contributed by atoms with Gasteiger partial charge in [-0.05, 0) is 70.5 Å². The largest absolute Gasteiger partial charge is 0.519 e. The highest BCUT2D eigenvalue weighted by Gasteiger charge is 2.26. The zero-order valence-corrected chi connectivity index (χ0v) is 35.7. The van der Waals surface area contributed by atoms with Crippen molar-refractivity contribution in [3.8, 4) is 22.6 Å². The van der Waals surface area contributed by atoms with Crippen LogP contribution in [-0.4, -0.2) is 6.16 Å². The molecule has 0 aliphatic carbocycles. The van der Waals surface area contributed by atoms with Crippen molar-refractivity contribution in [3.63, 3.8) is 0 Å². The highest BCUT2D eigenvalue weighted by atomic mass is 16.7. The summed E-state index contributed by atoms with van der Waals surface area (Å²) in [6.45, 7) is 4.59. The molecule has 0 bridgehead atoms. The van der Waals surface area contributed by atoms with Gasteiger partial charge in [-0.1, -0.05) is 229 Å². The van der Waals surface area contributed by atoms with Crippen molar-refractivity contribution in [2.75, 3.05) is 0 Å². The number of unbranched alkanes of at least 4 members (excludes halogenated alkanes) is 26. The molecule has 1 aliphatic rings. The fourth-order valence-corrected chi connectivity index (χ4v) is 8.96. The van der Waals surface area contributed by atoms with Crippen LogP contribution in [0.2, 0.25) is 0 Å². The van der Waals surface area contributed by atoms with Crippen LogP contribution >= 0.6 is 0 Å². The molecule has 1 heterocycles. The van der Waals surface area contributed by atoms with E-state index >= 15 is 0 Å². The van der Waals surface area contributed by atoms with Crippen LogP contribution in [-0.2, 0) is 12.8 Å². The van der Waals surface area contributed by atoms with Gasteiger partial charge in [-0.15, -0.1) is 0 Å². The van der Waals surface area contributed by atoms with Gasteiger partial charge in [0, 0.05) is 11.1 Å². The third-order valence-corrected chi connectivity index (χ3v) is 12.4. The second-order valence-electron chi connectivity index (χ2n) is 17.1. The van der Waals surface area contributed by atoms with Gasteiger partial charge in [0.2, 0.25) is 0 Å². The lowest BCUT2D eigenvalue weighted by atomic mass is 9.90. The topological polar surface area (TPSA) is 35.5 Å². The Morgan fingerprint density at radius 1 is 0.357 bits per heavy atom. The van der Waals surface area contributed by atoms with E-state index in [1.807, 2.05) is 12.1 Å². The average molecular weight is 761 g/mol. The molecule has 0 amide bonds. The Hall–Kier alpha value is -3.33. The minimum Gasteiger partial charge on any atom is -0.394 e. The Morgan fingerprint density at radius 3 is 0.982 bits per heavy atom. The minimum absolute atomic E-state index is 0.569. The molecule has 3 nitrogen and oxygen atoms in total. The van der Waals surface area contributed by atoms with E-state index < -0.39 is 6.16 Å². The zero-order valence-electron chi connectivity index (χ0n) is 35.7. The number of aryl methyl sites for hydroxylation is 2. The first kappa shape index (κ1) is 43.8. The first-order valence-electron chi connectivity index (χ1n) is 23.7. The fraction of sp³-hybridized carbons (Fsp3) is 0.604. The lowest BCUT2D eigenvalue weighted by Gasteiger charge is -2.15. The van der Waals surface area contributed by atoms with Crippen molar-refractivity contribution in [2.45, 2.75) is 206 Å². The van der Waals surface area contributed by atoms with Gasteiger partial charge in [0.1, 0.15) is 11.5 Å². The molecule has 0 atom stereocenters. The zero-order chi connectivity index (χ0) is 39.0. The number of carbonyl (C=O) groups excluding carboxylic acids is 1. The molecule has 4 aromatic carbocycles. The number of rotatable bonds is 30. The van der Waals surface area contributed by atoms with Crippen molar-refractivity contribution in [1.82, 2.24) is 0 Å². The Labute approximate surface area is 341 Å². The van der Waals surface area contributed by atoms with Crippen LogP contribution in [0.25, 0.3) is 32.7 Å². The Morgan fingerprint density at radius 2 is 0.661 bits per heavy atom. The number of carbonyl (C=O) groups is 1. The van der Waals surface area contributed by atoms with Crippen LogP contribution in [0.1, 0.15) is 205 Å². The molecule has 0 spiro atoms. The van der Waals surface area contributed by atoms with E-state index in [9.17, 15) is 4.79 Å². The van der Waals surface area contributed by atoms with E-state index in [0.29, 0.717) is 11.5 Å². The number of hydrogen-bond donors (Lipinski definition) is 0. The molecule has 306 valence electrons. The van der Waals surface area contributed by atoms with E-state index in [0.717, 1.165) is 34.7 Å². The highest BCUT2D eigenvalue weighted by Crippen LogP contribution is 2.47. The van der Waals surface area contributed by atoms with Crippen LogP contribution < -0.4 is 9.47 Å². The third kappa shape index (κ3) is 14.6. The molecule has 5 rings (SSSR count). The van der Waals surface area contributed by atoms with Crippen LogP contribution in [0, 0.1) is 0 Å². The molecule has 1 aliphatic heterocycles. The molecule has 56 heavy (non-hydrogen) atoms. The smallest absolute Gasteiger partial charge is 0.394 e. The van der Waals surface area contributed by atoms with Crippen molar-refractivity contribution < 1.29 is 14.3 Å². The minimum atomic E-state index is -0.674. The van der Waals surface area contributed by atoms with Gasteiger partial charge in [-0.25, -0.2) is 4.79 Å². The average Bonchev–Trinajstić information content (AvgIpc) is 3.36. The SMILES string of the molecule is CCCCCCCCCCCCCCCCc1ccc2c3c(ccc2c1)OC(=O)Oc1ccc2cc(CCCCCCCCCCCCCCCC)ccc2c1-3. The molecule has 0 saturated heterocycles. The third-order valence-electron chi connectivity index (χ3n) is 12.4. The summed E-state index contributed by atoms with van der Waals surface area (Å²) >= 11 is 0. The summed E-state index contributed by atoms with van der Waals surface area (Å²) in [5.74, 6) is 1.14. The van der Waals surface area contributed by atoms with Crippen LogP contribution in [0.3, 0.4) is 0 Å². The summed E-state index contributed by atoms with van der Waals surface area (Å²) in [7, 11) is 0. The predicted octanol–water partition coefficient (Wildman–Crippen LogP) is 17.6. The second kappa shape index (κ2) is 25.8. The van der Waals surface area contributed by atoms with Crippen LogP contribution in [0.4, 0.5) is 4.79 Å². The molecular formula is C53H76O3. The number of fused-ring (bicyclic) bond motifs is 7. The Bertz CT molecular complexity index is 1590. The van der Waals surface area contributed by atoms with Crippen LogP contribution in [0.15, 0.2) is 60.7 Å². The normalized spacial score (nSPS) is 12.4. The molecule has 0 N–H and O–H groups in total. The van der Waals surface area contributed by atoms with Gasteiger partial charge in [0.15, 0.2) is 0 Å². The van der Waals surface area contributed by atoms with E-state index in [-0.39, 0.29) is 0 Å². The van der Waals surface area contributed by atoms with Crippen LogP contribution in [0.5, 0.6) is 11.5 Å². The Kier molecular flexibility index (Phi) is 20.2. The number of hydrogen-bond acceptors (Lipinski definition) is 3. The first-order valence-corrected chi connectivity index (χ1v) is 23.7. The first-order chi connectivity index (χ1) is 27.7. The van der Waals surface area contributed by atoms with Gasteiger partial charge >= 0.3 is 6.16 Å². The number of ether oxygens (including phenoxy) is 2. The molecule has 0 aromatic heterocycles. The van der Waals surface area contributed by atoms with E-state index in [1.165, 1.54) is 202 Å². The molecule has 0 radical (unpaired) electrons. The summed E-state index contributed by atoms with van der Waals surface area (Å²) in [6, 6.07) is 21.8. The van der Waals surface area contributed by atoms with E-state index in [4.69, 9.17) is 9.47 Å². The lowest BCUT2D eigenvalue weighted by Crippen LogP contribution is -2.12. The number of benzene rings is 4. The summed E-state index contributed by atoms with van der Waals surface area (Å²) in [6.07, 6.45) is 40.2. The maximum atomic E-state index is 12.8. The second-order valence-corrected chi connectivity index (χ2v) is 17.1. The summed E-state index contributed by atoms with van der Waals surface area (Å²) in [4.78, 5) is 12.8. The maximum Gasteiger partial charge on any atom is 0.519 e. The van der Waals surface area contributed by atoms with Crippen molar-refractivity contribution in [3.05, 3.63) is 71.8 Å². The fourth-order valence-electron chi connectivity index (χ4n) is 8.96. The summed E-state index contributed by atoms with van der Waals surface area (Å²) < 4.78 is 11.6. The lowest BCUT2D eigenvalue weighted by molar-refractivity contribution is 0.154. The Balaban J connectivity index is 1.08. The van der Waals surface area contributed by atoms with Gasteiger partial charge in [0.25, 0.3) is 0 Å². The standard InChI is InChI=1S/C53H76O3/c1-3-5-7-9-11-13-15-17-19-21-23-25-27-29-31-43-33-37-47-45(41-43)35-39-49-51(47)52-48-38-34-44(42-46(48)36-40-50(52)56-53(54)55-49)32-30-28-26-24-22-20-18-16-14-12-10-8-6-4-2/h33-42H,3-32H2,1-2H3. The van der Waals surface area contributed by atoms with Gasteiger partial charge in [0.05, 0.1) is 0 Å². The molecule has 0 fully saturated rings. The molecule has 3 heteroatoms. The van der Waals surface area contributed by atoms with Gasteiger partial charge < -0.3 is 9.47 Å². The van der Waals surface area contributed by atoms with Crippen molar-refractivity contribution >= 4 is 27.7 Å². The summed E-state index contributed by atoms with van der Waals surface area (Å²) in [5, 5.41) is 4.57. The maximum absolute atomic E-state index is 12.8. The van der Waals surface area contributed by atoms with Crippen molar-refractivity contribution in [1.29, 1.82) is 0 Å². The van der Waals surface area contributed by atoms with E-state index in [1.54, 1.807) is 0 Å². The van der Waals surface area contributed by atoms with Gasteiger partial charge in [-0.2, -0.15) is 0 Å². The molecule has 0 saturated carbocycles. The monoisotopic (exact) mass is 761 g/mol. The predicted molar refractivity (Wildman–Crippen MR) is 242 cm³/mol. The summed E-state index contributed by atoms with van der Waals surface area (Å²) in [5.41, 5.74) is 4.67. The van der Waals surface area contributed by atoms with Crippen molar-refractivity contribution in [2.24, 2.45) is 0 Å². The molecule has 0 unspecified atom stereocenters.